The second-order valence-corrected chi connectivity index (χ2v) is 5.57. The Morgan fingerprint density at radius 2 is 2.17 bits per heavy atom. The van der Waals surface area contributed by atoms with E-state index in [4.69, 9.17) is 0 Å². The predicted molar refractivity (Wildman–Crippen MR) is 82.5 cm³/mol. The van der Waals surface area contributed by atoms with Gasteiger partial charge < -0.3 is 10.0 Å². The molecule has 0 atom stereocenters. The maximum atomic E-state index is 12.7. The zero-order valence-corrected chi connectivity index (χ0v) is 13.0. The molecule has 1 aliphatic heterocycles. The first kappa shape index (κ1) is 14.4. The zero-order chi connectivity index (χ0) is 16.7. The van der Waals surface area contributed by atoms with E-state index in [9.17, 15) is 9.90 Å². The lowest BCUT2D eigenvalue weighted by Crippen LogP contribution is -2.39. The maximum absolute atomic E-state index is 12.7. The molecule has 4 rings (SSSR count). The van der Waals surface area contributed by atoms with Crippen LogP contribution < -0.4 is 0 Å². The van der Waals surface area contributed by atoms with E-state index in [-0.39, 0.29) is 24.0 Å². The molecular weight excluding hydrogens is 310 g/mol. The Bertz CT molecular complexity index is 914. The van der Waals surface area contributed by atoms with Gasteiger partial charge in [-0.2, -0.15) is 10.2 Å². The first-order valence-electron chi connectivity index (χ1n) is 7.50. The Balaban J connectivity index is 1.60. The fraction of sp³-hybridized carbons (Fsp3) is 0.267. The molecule has 0 spiro atoms. The van der Waals surface area contributed by atoms with Crippen LogP contribution in [-0.4, -0.2) is 52.0 Å². The van der Waals surface area contributed by atoms with Crippen molar-refractivity contribution in [3.05, 3.63) is 47.9 Å². The van der Waals surface area contributed by atoms with Crippen molar-refractivity contribution in [3.63, 3.8) is 0 Å². The number of hydrogen-bond acceptors (Lipinski definition) is 6. The summed E-state index contributed by atoms with van der Waals surface area (Å²) in [4.78, 5) is 22.7. The lowest BCUT2D eigenvalue weighted by molar-refractivity contribution is 0.0691. The standard InChI is InChI=1S/C15H15N7O2/c1-10-3-5-22(19-10)13-2-4-16-14(18-13)15(24)20-6-7-21-11(9-20)12(23)8-17-21/h2-5,8,23H,6-7,9H2,1H3. The highest BCUT2D eigenvalue weighted by Crippen LogP contribution is 2.22. The fourth-order valence-corrected chi connectivity index (χ4v) is 2.67. The lowest BCUT2D eigenvalue weighted by Gasteiger charge is -2.27. The number of aromatic hydroxyl groups is 1. The van der Waals surface area contributed by atoms with Crippen molar-refractivity contribution in [3.8, 4) is 11.6 Å². The molecule has 0 saturated carbocycles. The van der Waals surface area contributed by atoms with Gasteiger partial charge in [-0.25, -0.2) is 14.6 Å². The van der Waals surface area contributed by atoms with E-state index in [1.165, 1.54) is 12.4 Å². The van der Waals surface area contributed by atoms with Gasteiger partial charge in [-0.05, 0) is 13.0 Å². The highest BCUT2D eigenvalue weighted by Gasteiger charge is 2.26. The van der Waals surface area contributed by atoms with Crippen LogP contribution in [0.15, 0.2) is 30.7 Å². The summed E-state index contributed by atoms with van der Waals surface area (Å²) in [6.07, 6.45) is 4.71. The van der Waals surface area contributed by atoms with E-state index in [0.29, 0.717) is 24.6 Å². The molecule has 0 saturated heterocycles. The number of hydrogen-bond donors (Lipinski definition) is 1. The second-order valence-electron chi connectivity index (χ2n) is 5.57. The Morgan fingerprint density at radius 1 is 1.29 bits per heavy atom. The summed E-state index contributed by atoms with van der Waals surface area (Å²) in [5, 5.41) is 18.1. The third-order valence-corrected chi connectivity index (χ3v) is 3.93. The third kappa shape index (κ3) is 2.39. The molecule has 4 heterocycles. The van der Waals surface area contributed by atoms with Crippen LogP contribution in [0.2, 0.25) is 0 Å². The Morgan fingerprint density at radius 3 is 2.96 bits per heavy atom. The molecular formula is C15H15N7O2. The monoisotopic (exact) mass is 325 g/mol. The first-order valence-corrected chi connectivity index (χ1v) is 7.50. The van der Waals surface area contributed by atoms with Crippen molar-refractivity contribution in [2.45, 2.75) is 20.0 Å². The van der Waals surface area contributed by atoms with Crippen LogP contribution >= 0.6 is 0 Å². The average Bonchev–Trinajstić information content (AvgIpc) is 3.20. The molecule has 0 fully saturated rings. The first-order chi connectivity index (χ1) is 11.6. The van der Waals surface area contributed by atoms with Crippen LogP contribution in [0.4, 0.5) is 0 Å². The summed E-state index contributed by atoms with van der Waals surface area (Å²) in [6, 6.07) is 3.55. The quantitative estimate of drug-likeness (QED) is 0.737. The molecule has 0 aliphatic carbocycles. The zero-order valence-electron chi connectivity index (χ0n) is 13.0. The van der Waals surface area contributed by atoms with E-state index in [1.54, 1.807) is 26.5 Å². The van der Waals surface area contributed by atoms with Crippen LogP contribution in [0.1, 0.15) is 22.0 Å². The van der Waals surface area contributed by atoms with E-state index >= 15 is 0 Å². The fourth-order valence-electron chi connectivity index (χ4n) is 2.67. The van der Waals surface area contributed by atoms with Gasteiger partial charge in [0.2, 0.25) is 5.82 Å². The van der Waals surface area contributed by atoms with Crippen LogP contribution in [-0.2, 0) is 13.1 Å². The summed E-state index contributed by atoms with van der Waals surface area (Å²) in [5.74, 6) is 0.446. The molecule has 0 radical (unpaired) electrons. The van der Waals surface area contributed by atoms with Crippen molar-refractivity contribution in [1.82, 2.24) is 34.4 Å². The van der Waals surface area contributed by atoms with Crippen molar-refractivity contribution in [1.29, 1.82) is 0 Å². The second kappa shape index (κ2) is 5.44. The largest absolute Gasteiger partial charge is 0.504 e. The molecule has 3 aromatic heterocycles. The maximum Gasteiger partial charge on any atom is 0.292 e. The third-order valence-electron chi connectivity index (χ3n) is 3.93. The molecule has 24 heavy (non-hydrogen) atoms. The highest BCUT2D eigenvalue weighted by molar-refractivity contribution is 5.90. The van der Waals surface area contributed by atoms with E-state index in [2.05, 4.69) is 20.2 Å². The summed E-state index contributed by atoms with van der Waals surface area (Å²) < 4.78 is 3.30. The molecule has 122 valence electrons. The highest BCUT2D eigenvalue weighted by atomic mass is 16.3. The number of rotatable bonds is 2. The molecule has 9 nitrogen and oxygen atoms in total. The Hall–Kier alpha value is -3.23. The molecule has 3 aromatic rings. The minimum atomic E-state index is -0.285. The molecule has 9 heteroatoms. The molecule has 1 N–H and O–H groups in total. The van der Waals surface area contributed by atoms with Crippen LogP contribution in [0, 0.1) is 6.92 Å². The molecule has 1 amide bonds. The number of nitrogens with zero attached hydrogens (tertiary/aromatic N) is 7. The van der Waals surface area contributed by atoms with Crippen LogP contribution in [0.25, 0.3) is 5.82 Å². The lowest BCUT2D eigenvalue weighted by atomic mass is 10.2. The van der Waals surface area contributed by atoms with Crippen molar-refractivity contribution in [2.75, 3.05) is 6.54 Å². The van der Waals surface area contributed by atoms with Crippen molar-refractivity contribution >= 4 is 5.91 Å². The minimum Gasteiger partial charge on any atom is -0.504 e. The predicted octanol–water partition coefficient (Wildman–Crippen LogP) is 0.529. The Kier molecular flexibility index (Phi) is 3.26. The van der Waals surface area contributed by atoms with E-state index in [1.807, 2.05) is 13.0 Å². The molecule has 0 aromatic carbocycles. The van der Waals surface area contributed by atoms with Gasteiger partial charge in [0.05, 0.1) is 30.7 Å². The summed E-state index contributed by atoms with van der Waals surface area (Å²) >= 11 is 0. The number of aromatic nitrogens is 6. The number of carbonyl (C=O) groups is 1. The summed E-state index contributed by atoms with van der Waals surface area (Å²) in [5.41, 5.74) is 1.48. The van der Waals surface area contributed by atoms with Gasteiger partial charge in [-0.3, -0.25) is 9.48 Å². The Labute approximate surface area is 137 Å². The summed E-state index contributed by atoms with van der Waals surface area (Å²) in [6.45, 7) is 3.17. The van der Waals surface area contributed by atoms with Gasteiger partial charge in [0.15, 0.2) is 11.6 Å². The number of amides is 1. The van der Waals surface area contributed by atoms with Gasteiger partial charge >= 0.3 is 0 Å². The molecule has 0 unspecified atom stereocenters. The van der Waals surface area contributed by atoms with Crippen molar-refractivity contribution in [2.24, 2.45) is 0 Å². The van der Waals surface area contributed by atoms with Gasteiger partial charge in [-0.1, -0.05) is 0 Å². The number of aryl methyl sites for hydroxylation is 1. The molecule has 1 aliphatic rings. The van der Waals surface area contributed by atoms with Gasteiger partial charge in [0.1, 0.15) is 0 Å². The van der Waals surface area contributed by atoms with Gasteiger partial charge in [-0.15, -0.1) is 0 Å². The van der Waals surface area contributed by atoms with Gasteiger partial charge in [0, 0.05) is 25.0 Å². The summed E-state index contributed by atoms with van der Waals surface area (Å²) in [7, 11) is 0. The van der Waals surface area contributed by atoms with Crippen molar-refractivity contribution < 1.29 is 9.90 Å². The number of fused-ring (bicyclic) bond motifs is 1. The number of carbonyl (C=O) groups excluding carboxylic acids is 1. The normalized spacial score (nSPS) is 13.8. The van der Waals surface area contributed by atoms with Gasteiger partial charge in [0.25, 0.3) is 5.91 Å². The van der Waals surface area contributed by atoms with E-state index < -0.39 is 0 Å². The average molecular weight is 325 g/mol. The van der Waals surface area contributed by atoms with Crippen LogP contribution in [0.5, 0.6) is 5.75 Å². The molecule has 0 bridgehead atoms. The SMILES string of the molecule is Cc1ccn(-c2ccnc(C(=O)N3CCn4ncc(O)c4C3)n2)n1. The minimum absolute atomic E-state index is 0.0918. The van der Waals surface area contributed by atoms with Crippen LogP contribution in [0.3, 0.4) is 0 Å². The van der Waals surface area contributed by atoms with E-state index in [0.717, 1.165) is 5.69 Å². The topological polar surface area (TPSA) is 102 Å². The smallest absolute Gasteiger partial charge is 0.292 e.